The topological polar surface area (TPSA) is 98.9 Å². The number of nitrogens with zero attached hydrogens (tertiary/aromatic N) is 4. The number of piperidine rings is 1. The number of carbonyl (C=O) groups excluding carboxylic acids is 2. The summed E-state index contributed by atoms with van der Waals surface area (Å²) in [7, 11) is 0. The summed E-state index contributed by atoms with van der Waals surface area (Å²) in [6, 6.07) is 14.3. The number of carbonyl (C=O) groups is 2. The molecule has 3 heterocycles. The number of benzene rings is 2. The van der Waals surface area contributed by atoms with Crippen LogP contribution in [-0.2, 0) is 24.4 Å². The van der Waals surface area contributed by atoms with E-state index in [1.165, 1.54) is 18.3 Å². The second-order valence-electron chi connectivity index (χ2n) is 12.2. The first kappa shape index (κ1) is 30.1. The van der Waals surface area contributed by atoms with Crippen molar-refractivity contribution in [2.75, 3.05) is 13.1 Å². The van der Waals surface area contributed by atoms with E-state index in [1.54, 1.807) is 6.07 Å². The van der Waals surface area contributed by atoms with E-state index in [9.17, 15) is 28.7 Å². The molecule has 8 nitrogen and oxygen atoms in total. The predicted octanol–water partition coefficient (Wildman–Crippen LogP) is 5.48. The monoisotopic (exact) mass is 602 g/mol. The van der Waals surface area contributed by atoms with Crippen molar-refractivity contribution in [2.24, 2.45) is 5.92 Å². The Hall–Kier alpha value is -3.99. The van der Waals surface area contributed by atoms with E-state index >= 15 is 0 Å². The van der Waals surface area contributed by atoms with Crippen molar-refractivity contribution < 1.29 is 28.7 Å². The Labute approximate surface area is 254 Å². The van der Waals surface area contributed by atoms with Crippen molar-refractivity contribution >= 4 is 22.6 Å². The Bertz CT molecular complexity index is 1670. The minimum absolute atomic E-state index is 0.000243. The highest BCUT2D eigenvalue weighted by Gasteiger charge is 2.38. The van der Waals surface area contributed by atoms with Gasteiger partial charge in [0.05, 0.1) is 30.4 Å². The number of rotatable bonds is 9. The van der Waals surface area contributed by atoms with Crippen LogP contribution in [0.25, 0.3) is 10.9 Å². The molecular weight excluding hydrogens is 566 g/mol. The zero-order chi connectivity index (χ0) is 30.8. The molecule has 2 fully saturated rings. The molecule has 0 radical (unpaired) electrons. The summed E-state index contributed by atoms with van der Waals surface area (Å²) in [4.78, 5) is 31.9. The fraction of sp³-hybridized carbons (Fsp3) is 0.382. The van der Waals surface area contributed by atoms with Gasteiger partial charge in [0.25, 0.3) is 5.91 Å². The molecular formula is C34H36F2N4O4. The van der Waals surface area contributed by atoms with E-state index in [0.717, 1.165) is 35.4 Å². The first-order valence-corrected chi connectivity index (χ1v) is 15.1. The van der Waals surface area contributed by atoms with Gasteiger partial charge < -0.3 is 9.67 Å². The molecule has 44 heavy (non-hydrogen) atoms. The third-order valence-corrected chi connectivity index (χ3v) is 9.07. The maximum Gasteiger partial charge on any atom is 0.296 e. The zero-order valence-corrected chi connectivity index (χ0v) is 24.5. The first-order valence-electron chi connectivity index (χ1n) is 15.1. The number of amides is 1. The molecule has 0 bridgehead atoms. The van der Waals surface area contributed by atoms with Crippen LogP contribution in [0.2, 0.25) is 0 Å². The van der Waals surface area contributed by atoms with Crippen LogP contribution in [0.5, 0.6) is 0 Å². The number of Topliss-reactive ketones (excluding diaryl/α,β-unsaturated/α-hetero) is 1. The number of pyridine rings is 1. The number of aromatic nitrogens is 2. The van der Waals surface area contributed by atoms with Gasteiger partial charge in [0.15, 0.2) is 0 Å². The SMILES string of the molecule is O=C1CCCC1CC1(O)CCN(Cc2cn(Cc3ccc(F)cc3F)c3cnc(C(=O)N(O)Cc4ccccc4)cc23)CC1. The lowest BCUT2D eigenvalue weighted by molar-refractivity contribution is -0.123. The summed E-state index contributed by atoms with van der Waals surface area (Å²) in [5.41, 5.74) is 1.83. The van der Waals surface area contributed by atoms with E-state index in [2.05, 4.69) is 9.88 Å². The average molecular weight is 603 g/mol. The van der Waals surface area contributed by atoms with Gasteiger partial charge in [-0.25, -0.2) is 18.8 Å². The molecule has 1 unspecified atom stereocenters. The Morgan fingerprint density at radius 2 is 1.82 bits per heavy atom. The quantitative estimate of drug-likeness (QED) is 0.195. The summed E-state index contributed by atoms with van der Waals surface area (Å²) < 4.78 is 30.0. The van der Waals surface area contributed by atoms with Gasteiger partial charge in [0.1, 0.15) is 23.1 Å². The molecule has 1 atom stereocenters. The normalized spacial score (nSPS) is 18.6. The lowest BCUT2D eigenvalue weighted by Gasteiger charge is -2.39. The molecule has 10 heteroatoms. The average Bonchev–Trinajstić information content (AvgIpc) is 3.57. The van der Waals surface area contributed by atoms with Crippen molar-refractivity contribution in [1.82, 2.24) is 19.5 Å². The van der Waals surface area contributed by atoms with Gasteiger partial charge in [-0.1, -0.05) is 36.4 Å². The van der Waals surface area contributed by atoms with E-state index < -0.39 is 23.1 Å². The molecule has 1 aliphatic carbocycles. The van der Waals surface area contributed by atoms with Crippen molar-refractivity contribution in [3.8, 4) is 0 Å². The summed E-state index contributed by atoms with van der Waals surface area (Å²) in [6.07, 6.45) is 7.42. The van der Waals surface area contributed by atoms with E-state index in [0.29, 0.717) is 61.5 Å². The lowest BCUT2D eigenvalue weighted by Crippen LogP contribution is -2.45. The third-order valence-electron chi connectivity index (χ3n) is 9.07. The molecule has 4 aromatic rings. The van der Waals surface area contributed by atoms with Gasteiger partial charge in [-0.15, -0.1) is 0 Å². The number of hydrogen-bond donors (Lipinski definition) is 2. The van der Waals surface area contributed by atoms with Gasteiger partial charge in [-0.2, -0.15) is 0 Å². The molecule has 1 saturated carbocycles. The largest absolute Gasteiger partial charge is 0.390 e. The standard InChI is InChI=1S/C34H36F2N4O4/c35-27-10-9-25(29(36)15-27)21-39-22-26(20-38-13-11-34(43,12-14-38)17-24-7-4-8-32(24)41)28-16-30(37-18-31(28)39)33(42)40(44)19-23-5-2-1-3-6-23/h1-3,5-6,9-10,15-16,18,22,24,43-44H,4,7-8,11-14,17,19-21H2. The molecule has 1 saturated heterocycles. The number of ketones is 1. The molecule has 1 amide bonds. The van der Waals surface area contributed by atoms with Crippen LogP contribution in [0.3, 0.4) is 0 Å². The van der Waals surface area contributed by atoms with Crippen LogP contribution in [0, 0.1) is 17.6 Å². The van der Waals surface area contributed by atoms with E-state index in [4.69, 9.17) is 0 Å². The molecule has 2 aromatic carbocycles. The van der Waals surface area contributed by atoms with Gasteiger partial charge in [0.2, 0.25) is 0 Å². The van der Waals surface area contributed by atoms with Crippen LogP contribution < -0.4 is 0 Å². The molecule has 6 rings (SSSR count). The molecule has 2 aromatic heterocycles. The van der Waals surface area contributed by atoms with E-state index in [-0.39, 0.29) is 30.5 Å². The Kier molecular flexibility index (Phi) is 8.57. The van der Waals surface area contributed by atoms with Crippen LogP contribution in [0.15, 0.2) is 67.0 Å². The summed E-state index contributed by atoms with van der Waals surface area (Å²) in [6.45, 7) is 1.91. The predicted molar refractivity (Wildman–Crippen MR) is 160 cm³/mol. The molecule has 2 N–H and O–H groups in total. The first-order chi connectivity index (χ1) is 21.2. The Morgan fingerprint density at radius 3 is 2.52 bits per heavy atom. The van der Waals surface area contributed by atoms with E-state index in [1.807, 2.05) is 41.1 Å². The van der Waals surface area contributed by atoms with Gasteiger partial charge >= 0.3 is 0 Å². The number of aliphatic hydroxyl groups is 1. The van der Waals surface area contributed by atoms with Gasteiger partial charge in [-0.05, 0) is 55.4 Å². The van der Waals surface area contributed by atoms with Crippen LogP contribution in [0.4, 0.5) is 8.78 Å². The third kappa shape index (κ3) is 6.57. The second kappa shape index (κ2) is 12.6. The van der Waals surface area contributed by atoms with Gasteiger partial charge in [-0.3, -0.25) is 19.7 Å². The van der Waals surface area contributed by atoms with Crippen molar-refractivity contribution in [3.63, 3.8) is 0 Å². The van der Waals surface area contributed by atoms with Crippen molar-refractivity contribution in [3.05, 3.63) is 101 Å². The zero-order valence-electron chi connectivity index (χ0n) is 24.5. The van der Waals surface area contributed by atoms with Crippen LogP contribution in [-0.4, -0.2) is 60.2 Å². The second-order valence-corrected chi connectivity index (χ2v) is 12.2. The number of halogens is 2. The van der Waals surface area contributed by atoms with Crippen molar-refractivity contribution in [2.45, 2.75) is 63.8 Å². The Balaban J connectivity index is 1.24. The Morgan fingerprint density at radius 1 is 1.05 bits per heavy atom. The minimum Gasteiger partial charge on any atom is -0.390 e. The summed E-state index contributed by atoms with van der Waals surface area (Å²) in [5, 5.41) is 23.2. The molecule has 1 aliphatic heterocycles. The van der Waals surface area contributed by atoms with Crippen molar-refractivity contribution in [1.29, 1.82) is 0 Å². The number of fused-ring (bicyclic) bond motifs is 1. The maximum absolute atomic E-state index is 14.6. The highest BCUT2D eigenvalue weighted by molar-refractivity contribution is 5.96. The summed E-state index contributed by atoms with van der Waals surface area (Å²) >= 11 is 0. The highest BCUT2D eigenvalue weighted by Crippen LogP contribution is 2.35. The highest BCUT2D eigenvalue weighted by atomic mass is 19.1. The summed E-state index contributed by atoms with van der Waals surface area (Å²) in [5.74, 6) is -1.74. The lowest BCUT2D eigenvalue weighted by atomic mass is 9.82. The number of likely N-dealkylation sites (tertiary alicyclic amines) is 1. The number of hydroxylamine groups is 2. The fourth-order valence-electron chi connectivity index (χ4n) is 6.56. The fourth-order valence-corrected chi connectivity index (χ4v) is 6.56. The maximum atomic E-state index is 14.6. The minimum atomic E-state index is -0.859. The molecule has 230 valence electrons. The van der Waals surface area contributed by atoms with Crippen LogP contribution in [0.1, 0.15) is 65.7 Å². The number of hydrogen-bond acceptors (Lipinski definition) is 6. The molecule has 2 aliphatic rings. The molecule has 0 spiro atoms. The van der Waals surface area contributed by atoms with Gasteiger partial charge in [0, 0.05) is 55.2 Å². The smallest absolute Gasteiger partial charge is 0.296 e. The van der Waals surface area contributed by atoms with Crippen LogP contribution >= 0.6 is 0 Å².